The average molecular weight is 428 g/mol. The largest absolute Gasteiger partial charge is 0.356 e. The van der Waals surface area contributed by atoms with Crippen LogP contribution in [-0.4, -0.2) is 33.7 Å². The van der Waals surface area contributed by atoms with Crippen molar-refractivity contribution >= 4 is 39.0 Å². The van der Waals surface area contributed by atoms with Crippen LogP contribution in [-0.2, 0) is 9.84 Å². The Morgan fingerprint density at radius 3 is 2.48 bits per heavy atom. The fourth-order valence-electron chi connectivity index (χ4n) is 2.54. The van der Waals surface area contributed by atoms with Gasteiger partial charge in [-0.05, 0) is 43.2 Å². The first-order chi connectivity index (χ1) is 12.8. The summed E-state index contributed by atoms with van der Waals surface area (Å²) in [6.07, 6.45) is 0.466. The minimum absolute atomic E-state index is 0.0690. The Morgan fingerprint density at radius 2 is 1.85 bits per heavy atom. The first-order valence-corrected chi connectivity index (χ1v) is 10.9. The molecular formula is C19H23Cl2N3O2S. The van der Waals surface area contributed by atoms with E-state index in [-0.39, 0.29) is 11.8 Å². The highest BCUT2D eigenvalue weighted by Crippen LogP contribution is 2.25. The molecule has 0 aromatic heterocycles. The van der Waals surface area contributed by atoms with Crippen molar-refractivity contribution in [3.63, 3.8) is 0 Å². The van der Waals surface area contributed by atoms with Gasteiger partial charge in [-0.1, -0.05) is 47.5 Å². The first kappa shape index (κ1) is 21.5. The Morgan fingerprint density at radius 1 is 1.15 bits per heavy atom. The summed E-state index contributed by atoms with van der Waals surface area (Å²) < 4.78 is 24.6. The van der Waals surface area contributed by atoms with E-state index < -0.39 is 9.84 Å². The molecule has 0 saturated carbocycles. The minimum Gasteiger partial charge on any atom is -0.356 e. The number of hydrogen-bond donors (Lipinski definition) is 2. The molecule has 2 aromatic rings. The summed E-state index contributed by atoms with van der Waals surface area (Å²) in [5.74, 6) is 0.644. The molecule has 0 radical (unpaired) electrons. The maximum atomic E-state index is 12.3. The molecule has 0 aliphatic rings. The summed E-state index contributed by atoms with van der Waals surface area (Å²) in [6, 6.07) is 13.7. The SMILES string of the molecule is CN=C(NCCCS(=O)(=O)c1ccccc1)NC(C)c1ccc(Cl)cc1Cl. The summed E-state index contributed by atoms with van der Waals surface area (Å²) >= 11 is 12.2. The molecule has 0 aliphatic carbocycles. The van der Waals surface area contributed by atoms with Crippen LogP contribution < -0.4 is 10.6 Å². The number of sulfone groups is 1. The van der Waals surface area contributed by atoms with Crippen molar-refractivity contribution in [1.82, 2.24) is 10.6 Å². The number of aliphatic imine (C=N–C) groups is 1. The van der Waals surface area contributed by atoms with Crippen LogP contribution in [0.2, 0.25) is 10.0 Å². The van der Waals surface area contributed by atoms with Gasteiger partial charge in [-0.2, -0.15) is 0 Å². The van der Waals surface area contributed by atoms with Crippen molar-refractivity contribution in [2.75, 3.05) is 19.3 Å². The van der Waals surface area contributed by atoms with Crippen molar-refractivity contribution in [1.29, 1.82) is 0 Å². The molecule has 0 bridgehead atoms. The third kappa shape index (κ3) is 6.41. The van der Waals surface area contributed by atoms with Crippen LogP contribution in [0.25, 0.3) is 0 Å². The second kappa shape index (κ2) is 9.97. The van der Waals surface area contributed by atoms with Gasteiger partial charge in [0.15, 0.2) is 15.8 Å². The molecule has 146 valence electrons. The molecule has 5 nitrogen and oxygen atoms in total. The molecule has 0 saturated heterocycles. The predicted octanol–water partition coefficient (Wildman–Crippen LogP) is 4.08. The Hall–Kier alpha value is -1.76. The van der Waals surface area contributed by atoms with Crippen LogP contribution >= 0.6 is 23.2 Å². The highest BCUT2D eigenvalue weighted by atomic mass is 35.5. The molecule has 27 heavy (non-hydrogen) atoms. The fourth-order valence-corrected chi connectivity index (χ4v) is 4.45. The number of hydrogen-bond acceptors (Lipinski definition) is 3. The van der Waals surface area contributed by atoms with Crippen LogP contribution in [0.1, 0.15) is 24.9 Å². The van der Waals surface area contributed by atoms with E-state index in [1.165, 1.54) is 0 Å². The second-order valence-electron chi connectivity index (χ2n) is 6.02. The van der Waals surface area contributed by atoms with Gasteiger partial charge in [0.25, 0.3) is 0 Å². The standard InChI is InChI=1S/C19H23Cl2N3O2S/c1-14(17-10-9-15(20)13-18(17)21)24-19(22-2)23-11-6-12-27(25,26)16-7-4-3-5-8-16/h3-5,7-10,13-14H,6,11-12H2,1-2H3,(H2,22,23,24). The van der Waals surface area contributed by atoms with E-state index in [2.05, 4.69) is 15.6 Å². The molecule has 1 atom stereocenters. The lowest BCUT2D eigenvalue weighted by Crippen LogP contribution is -2.39. The van der Waals surface area contributed by atoms with E-state index in [0.29, 0.717) is 33.9 Å². The zero-order chi connectivity index (χ0) is 19.9. The van der Waals surface area contributed by atoms with Gasteiger partial charge in [-0.3, -0.25) is 4.99 Å². The van der Waals surface area contributed by atoms with E-state index in [0.717, 1.165) is 5.56 Å². The van der Waals surface area contributed by atoms with Gasteiger partial charge >= 0.3 is 0 Å². The number of halogens is 2. The Bertz CT molecular complexity index is 887. The van der Waals surface area contributed by atoms with Crippen molar-refractivity contribution in [3.8, 4) is 0 Å². The molecular weight excluding hydrogens is 405 g/mol. The van der Waals surface area contributed by atoms with Gasteiger partial charge in [0.1, 0.15) is 0 Å². The number of nitrogens with one attached hydrogen (secondary N) is 2. The van der Waals surface area contributed by atoms with E-state index >= 15 is 0 Å². The summed E-state index contributed by atoms with van der Waals surface area (Å²) in [7, 11) is -1.61. The number of benzene rings is 2. The second-order valence-corrected chi connectivity index (χ2v) is 8.97. The van der Waals surface area contributed by atoms with E-state index in [9.17, 15) is 8.42 Å². The topological polar surface area (TPSA) is 70.6 Å². The maximum Gasteiger partial charge on any atom is 0.191 e. The van der Waals surface area contributed by atoms with Gasteiger partial charge in [-0.25, -0.2) is 8.42 Å². The molecule has 0 fully saturated rings. The molecule has 0 amide bonds. The molecule has 0 spiro atoms. The van der Waals surface area contributed by atoms with Crippen molar-refractivity contribution in [2.45, 2.75) is 24.3 Å². The van der Waals surface area contributed by atoms with Crippen LogP contribution in [0, 0.1) is 0 Å². The molecule has 2 aromatic carbocycles. The van der Waals surface area contributed by atoms with Gasteiger partial charge in [0, 0.05) is 23.6 Å². The average Bonchev–Trinajstić information content (AvgIpc) is 2.64. The van der Waals surface area contributed by atoms with Crippen LogP contribution in [0.15, 0.2) is 58.4 Å². The monoisotopic (exact) mass is 427 g/mol. The third-order valence-corrected chi connectivity index (χ3v) is 6.37. The molecule has 0 heterocycles. The predicted molar refractivity (Wildman–Crippen MR) is 112 cm³/mol. The number of nitrogens with zero attached hydrogens (tertiary/aromatic N) is 1. The van der Waals surface area contributed by atoms with Crippen molar-refractivity contribution < 1.29 is 8.42 Å². The molecule has 8 heteroatoms. The van der Waals surface area contributed by atoms with Crippen LogP contribution in [0.4, 0.5) is 0 Å². The normalized spacial score (nSPS) is 13.3. The van der Waals surface area contributed by atoms with Gasteiger partial charge < -0.3 is 10.6 Å². The third-order valence-electron chi connectivity index (χ3n) is 3.99. The summed E-state index contributed by atoms with van der Waals surface area (Å²) in [6.45, 7) is 2.44. The zero-order valence-corrected chi connectivity index (χ0v) is 17.6. The first-order valence-electron chi connectivity index (χ1n) is 8.53. The lowest BCUT2D eigenvalue weighted by Gasteiger charge is -2.19. The lowest BCUT2D eigenvalue weighted by molar-refractivity contribution is 0.592. The molecule has 0 aliphatic heterocycles. The van der Waals surface area contributed by atoms with E-state index in [1.807, 2.05) is 13.0 Å². The van der Waals surface area contributed by atoms with Crippen molar-refractivity contribution in [2.24, 2.45) is 4.99 Å². The minimum atomic E-state index is -3.27. The van der Waals surface area contributed by atoms with E-state index in [4.69, 9.17) is 23.2 Å². The van der Waals surface area contributed by atoms with Crippen LogP contribution in [0.5, 0.6) is 0 Å². The molecule has 2 N–H and O–H groups in total. The van der Waals surface area contributed by atoms with Gasteiger partial charge in [0.05, 0.1) is 16.7 Å². The lowest BCUT2D eigenvalue weighted by atomic mass is 10.1. The maximum absolute atomic E-state index is 12.3. The quantitative estimate of drug-likeness (QED) is 0.396. The van der Waals surface area contributed by atoms with Crippen LogP contribution in [0.3, 0.4) is 0 Å². The Balaban J connectivity index is 1.85. The van der Waals surface area contributed by atoms with Gasteiger partial charge in [-0.15, -0.1) is 0 Å². The fraction of sp³-hybridized carbons (Fsp3) is 0.316. The van der Waals surface area contributed by atoms with Crippen molar-refractivity contribution in [3.05, 3.63) is 64.1 Å². The zero-order valence-electron chi connectivity index (χ0n) is 15.2. The smallest absolute Gasteiger partial charge is 0.191 e. The summed E-state index contributed by atoms with van der Waals surface area (Å²) in [4.78, 5) is 4.51. The molecule has 1 unspecified atom stereocenters. The Labute approximate surface area is 170 Å². The number of guanidine groups is 1. The van der Waals surface area contributed by atoms with Gasteiger partial charge in [0.2, 0.25) is 0 Å². The highest BCUT2D eigenvalue weighted by molar-refractivity contribution is 7.91. The molecule has 2 rings (SSSR count). The summed E-state index contributed by atoms with van der Waals surface area (Å²) in [5, 5.41) is 7.52. The van der Waals surface area contributed by atoms with E-state index in [1.54, 1.807) is 49.5 Å². The highest BCUT2D eigenvalue weighted by Gasteiger charge is 2.14. The number of rotatable bonds is 7. The summed E-state index contributed by atoms with van der Waals surface area (Å²) in [5.41, 5.74) is 0.899. The Kier molecular flexibility index (Phi) is 7.95.